The molecule has 0 unspecified atom stereocenters. The highest BCUT2D eigenvalue weighted by Crippen LogP contribution is 2.37. The normalized spacial score (nSPS) is 13.7. The highest BCUT2D eigenvalue weighted by atomic mass is 32.2. The Morgan fingerprint density at radius 2 is 2.13 bits per heavy atom. The van der Waals surface area contributed by atoms with Crippen LogP contribution in [0.1, 0.15) is 52.5 Å². The molecule has 0 saturated heterocycles. The molecule has 1 fully saturated rings. The first-order valence-electron chi connectivity index (χ1n) is 10.3. The molecule has 1 saturated carbocycles. The molecule has 3 N–H and O–H groups in total. The molecule has 164 valence electrons. The van der Waals surface area contributed by atoms with Gasteiger partial charge in [0.25, 0.3) is 5.56 Å². The zero-order valence-corrected chi connectivity index (χ0v) is 18.4. The average Bonchev–Trinajstić information content (AvgIpc) is 3.43. The molecule has 0 atom stereocenters. The summed E-state index contributed by atoms with van der Waals surface area (Å²) in [5.74, 6) is 0.00352. The fourth-order valence-corrected chi connectivity index (χ4v) is 4.06. The van der Waals surface area contributed by atoms with Gasteiger partial charge >= 0.3 is 5.69 Å². The third-order valence-corrected chi connectivity index (χ3v) is 5.82. The van der Waals surface area contributed by atoms with Gasteiger partial charge in [0.1, 0.15) is 12.1 Å². The van der Waals surface area contributed by atoms with Gasteiger partial charge in [-0.1, -0.05) is 39.0 Å². The van der Waals surface area contributed by atoms with Crippen molar-refractivity contribution in [2.24, 2.45) is 5.92 Å². The maximum Gasteiger partial charge on any atom is 0.330 e. The minimum atomic E-state index is -0.645. The van der Waals surface area contributed by atoms with Crippen LogP contribution in [0, 0.1) is 5.92 Å². The van der Waals surface area contributed by atoms with E-state index in [4.69, 9.17) is 5.73 Å². The highest BCUT2D eigenvalue weighted by Gasteiger charge is 2.28. The first kappa shape index (κ1) is 22.1. The van der Waals surface area contributed by atoms with Crippen LogP contribution in [0.4, 0.5) is 11.5 Å². The van der Waals surface area contributed by atoms with Gasteiger partial charge in [0, 0.05) is 19.1 Å². The fraction of sp³-hybridized carbons (Fsp3) is 0.632. The van der Waals surface area contributed by atoms with Crippen molar-refractivity contribution in [2.75, 3.05) is 22.9 Å². The molecule has 1 aliphatic carbocycles. The Hall–Kier alpha value is -2.56. The lowest BCUT2D eigenvalue weighted by atomic mass is 10.2. The summed E-state index contributed by atoms with van der Waals surface area (Å²) in [6.07, 6.45) is 5.41. The molecule has 30 heavy (non-hydrogen) atoms. The second-order valence-corrected chi connectivity index (χ2v) is 8.88. The Labute approximate surface area is 178 Å². The van der Waals surface area contributed by atoms with Gasteiger partial charge in [0.15, 0.2) is 10.8 Å². The molecule has 0 spiro atoms. The zero-order valence-electron chi connectivity index (χ0n) is 17.6. The molecule has 0 aliphatic heterocycles. The summed E-state index contributed by atoms with van der Waals surface area (Å²) < 4.78 is 3.31. The number of nitrogens with zero attached hydrogens (tertiary/aromatic N) is 5. The number of carbonyl (C=O) groups is 1. The van der Waals surface area contributed by atoms with E-state index in [1.54, 1.807) is 6.33 Å². The van der Waals surface area contributed by atoms with Gasteiger partial charge < -0.3 is 15.2 Å². The van der Waals surface area contributed by atoms with Gasteiger partial charge in [-0.3, -0.25) is 19.1 Å². The smallest absolute Gasteiger partial charge is 0.330 e. The molecule has 0 aromatic carbocycles. The van der Waals surface area contributed by atoms with Crippen LogP contribution in [0.15, 0.2) is 21.1 Å². The summed E-state index contributed by atoms with van der Waals surface area (Å²) in [4.78, 5) is 41.7. The zero-order chi connectivity index (χ0) is 21.8. The molecule has 11 heteroatoms. The van der Waals surface area contributed by atoms with Crippen molar-refractivity contribution in [1.29, 1.82) is 0 Å². The number of thioether (sulfide) groups is 1. The molecule has 1 amide bonds. The molecule has 0 radical (unpaired) electrons. The largest absolute Gasteiger partial charge is 0.383 e. The SMILES string of the molecule is CCCCN(C(=O)CSc1nncn1C1CC1)c1c(N)n(CC(C)C)c(=O)[nH]c1=O. The number of aromatic amines is 1. The van der Waals surface area contributed by atoms with Crippen molar-refractivity contribution in [1.82, 2.24) is 24.3 Å². The topological polar surface area (TPSA) is 132 Å². The van der Waals surface area contributed by atoms with Crippen LogP contribution in [0.3, 0.4) is 0 Å². The van der Waals surface area contributed by atoms with E-state index in [2.05, 4.69) is 15.2 Å². The summed E-state index contributed by atoms with van der Waals surface area (Å²) in [5, 5.41) is 8.74. The maximum atomic E-state index is 13.1. The standard InChI is InChI=1S/C19H29N7O3S/c1-4-5-8-24(14(27)10-30-19-23-21-11-26(19)13-6-7-13)15-16(20)25(9-12(2)3)18(29)22-17(15)28/h11-13H,4-10,20H2,1-3H3,(H,22,28,29). The molecule has 1 aliphatic rings. The quantitative estimate of drug-likeness (QED) is 0.542. The molecule has 10 nitrogen and oxygen atoms in total. The van der Waals surface area contributed by atoms with Crippen molar-refractivity contribution in [3.8, 4) is 0 Å². The van der Waals surface area contributed by atoms with Gasteiger partial charge in [-0.2, -0.15) is 0 Å². The van der Waals surface area contributed by atoms with E-state index >= 15 is 0 Å². The number of hydrogen-bond donors (Lipinski definition) is 2. The van der Waals surface area contributed by atoms with E-state index in [9.17, 15) is 14.4 Å². The number of carbonyl (C=O) groups excluding carboxylic acids is 1. The number of hydrogen-bond acceptors (Lipinski definition) is 7. The minimum absolute atomic E-state index is 0.0213. The Bertz CT molecular complexity index is 1010. The summed E-state index contributed by atoms with van der Waals surface area (Å²) >= 11 is 1.29. The summed E-state index contributed by atoms with van der Waals surface area (Å²) in [6, 6.07) is 0.409. The van der Waals surface area contributed by atoms with Gasteiger partial charge in [0.05, 0.1) is 5.75 Å². The van der Waals surface area contributed by atoms with E-state index in [1.165, 1.54) is 21.2 Å². The number of nitrogens with two attached hydrogens (primary N) is 1. The second kappa shape index (κ2) is 9.50. The maximum absolute atomic E-state index is 13.1. The van der Waals surface area contributed by atoms with Crippen molar-refractivity contribution in [2.45, 2.75) is 64.2 Å². The Morgan fingerprint density at radius 3 is 2.77 bits per heavy atom. The lowest BCUT2D eigenvalue weighted by molar-refractivity contribution is -0.116. The lowest BCUT2D eigenvalue weighted by Gasteiger charge is -2.24. The number of rotatable bonds is 10. The first-order valence-corrected chi connectivity index (χ1v) is 11.3. The number of nitrogen functional groups attached to an aromatic ring is 1. The number of unbranched alkanes of at least 4 members (excludes halogenated alkanes) is 1. The van der Waals surface area contributed by atoms with Crippen LogP contribution in [0.5, 0.6) is 0 Å². The van der Waals surface area contributed by atoms with Gasteiger partial charge in [0.2, 0.25) is 5.91 Å². The van der Waals surface area contributed by atoms with Gasteiger partial charge in [-0.25, -0.2) is 4.79 Å². The Kier molecular flexibility index (Phi) is 7.01. The van der Waals surface area contributed by atoms with E-state index in [-0.39, 0.29) is 29.1 Å². The first-order chi connectivity index (χ1) is 14.3. The number of amides is 1. The monoisotopic (exact) mass is 435 g/mol. The van der Waals surface area contributed by atoms with Gasteiger partial charge in [-0.05, 0) is 25.2 Å². The van der Waals surface area contributed by atoms with Crippen molar-refractivity contribution >= 4 is 29.2 Å². The third-order valence-electron chi connectivity index (χ3n) is 4.87. The molecular formula is C19H29N7O3S. The lowest BCUT2D eigenvalue weighted by Crippen LogP contribution is -2.42. The van der Waals surface area contributed by atoms with Crippen molar-refractivity contribution < 1.29 is 4.79 Å². The Balaban J connectivity index is 1.87. The van der Waals surface area contributed by atoms with Crippen LogP contribution >= 0.6 is 11.8 Å². The Morgan fingerprint density at radius 1 is 1.40 bits per heavy atom. The summed E-state index contributed by atoms with van der Waals surface area (Å²) in [7, 11) is 0. The summed E-state index contributed by atoms with van der Waals surface area (Å²) in [6.45, 7) is 6.59. The molecule has 3 rings (SSSR count). The molecule has 2 aromatic heterocycles. The van der Waals surface area contributed by atoms with Crippen LogP contribution in [0.2, 0.25) is 0 Å². The van der Waals surface area contributed by atoms with Crippen LogP contribution in [-0.2, 0) is 11.3 Å². The predicted octanol–water partition coefficient (Wildman–Crippen LogP) is 1.63. The molecule has 0 bridgehead atoms. The summed E-state index contributed by atoms with van der Waals surface area (Å²) in [5.41, 5.74) is 5.05. The highest BCUT2D eigenvalue weighted by molar-refractivity contribution is 7.99. The second-order valence-electron chi connectivity index (χ2n) is 7.94. The van der Waals surface area contributed by atoms with Crippen molar-refractivity contribution in [3.05, 3.63) is 27.2 Å². The minimum Gasteiger partial charge on any atom is -0.383 e. The van der Waals surface area contributed by atoms with Crippen molar-refractivity contribution in [3.63, 3.8) is 0 Å². The van der Waals surface area contributed by atoms with E-state index in [0.29, 0.717) is 30.7 Å². The van der Waals surface area contributed by atoms with Gasteiger partial charge in [-0.15, -0.1) is 10.2 Å². The fourth-order valence-electron chi connectivity index (χ4n) is 3.20. The average molecular weight is 436 g/mol. The van der Waals surface area contributed by atoms with E-state index < -0.39 is 11.2 Å². The number of anilines is 2. The molecule has 2 heterocycles. The van der Waals surface area contributed by atoms with E-state index in [1.807, 2.05) is 25.3 Å². The van der Waals surface area contributed by atoms with Crippen LogP contribution < -0.4 is 21.9 Å². The van der Waals surface area contributed by atoms with Crippen LogP contribution in [-0.4, -0.2) is 42.5 Å². The van der Waals surface area contributed by atoms with Crippen LogP contribution in [0.25, 0.3) is 0 Å². The number of H-pyrrole nitrogens is 1. The predicted molar refractivity (Wildman–Crippen MR) is 117 cm³/mol. The number of nitrogens with one attached hydrogen (secondary N) is 1. The number of aromatic nitrogens is 5. The van der Waals surface area contributed by atoms with E-state index in [0.717, 1.165) is 19.3 Å². The molecular weight excluding hydrogens is 406 g/mol. The molecule has 2 aromatic rings. The third kappa shape index (κ3) is 4.94.